The van der Waals surface area contributed by atoms with Gasteiger partial charge in [0.15, 0.2) is 0 Å². The molecule has 1 saturated heterocycles. The predicted molar refractivity (Wildman–Crippen MR) is 43.0 cm³/mol. The Morgan fingerprint density at radius 3 is 2.80 bits per heavy atom. The van der Waals surface area contributed by atoms with Crippen LogP contribution < -0.4 is 0 Å². The fourth-order valence-corrected chi connectivity index (χ4v) is 1.05. The Labute approximate surface area is 63.1 Å². The Hall–Kier alpha value is -0.300. The highest BCUT2D eigenvalue weighted by Crippen LogP contribution is 2.22. The monoisotopic (exact) mass is 140 g/mol. The lowest BCUT2D eigenvalue weighted by Crippen LogP contribution is -1.90. The molecule has 0 amide bonds. The summed E-state index contributed by atoms with van der Waals surface area (Å²) in [6.07, 6.45) is 5.50. The van der Waals surface area contributed by atoms with Gasteiger partial charge in [-0.25, -0.2) is 0 Å². The molecule has 0 aliphatic carbocycles. The first kappa shape index (κ1) is 7.80. The lowest BCUT2D eigenvalue weighted by atomic mass is 10.1. The second kappa shape index (κ2) is 3.77. The molecule has 1 heteroatoms. The van der Waals surface area contributed by atoms with Crippen molar-refractivity contribution >= 4 is 0 Å². The second-order valence-corrected chi connectivity index (χ2v) is 2.94. The van der Waals surface area contributed by atoms with E-state index < -0.39 is 0 Å². The lowest BCUT2D eigenvalue weighted by molar-refractivity contribution is 0.426. The van der Waals surface area contributed by atoms with Crippen molar-refractivity contribution in [1.82, 2.24) is 0 Å². The van der Waals surface area contributed by atoms with Gasteiger partial charge < -0.3 is 4.74 Å². The summed E-state index contributed by atoms with van der Waals surface area (Å²) >= 11 is 0. The van der Waals surface area contributed by atoms with E-state index in [9.17, 15) is 0 Å². The number of ether oxygens (including phenoxy) is 1. The third-order valence-electron chi connectivity index (χ3n) is 1.89. The van der Waals surface area contributed by atoms with E-state index in [1.807, 2.05) is 0 Å². The van der Waals surface area contributed by atoms with E-state index >= 15 is 0 Å². The van der Waals surface area contributed by atoms with Crippen molar-refractivity contribution < 1.29 is 4.74 Å². The van der Waals surface area contributed by atoms with Crippen molar-refractivity contribution in [2.24, 2.45) is 0 Å². The maximum absolute atomic E-state index is 5.10. The molecule has 0 radical (unpaired) electrons. The highest BCUT2D eigenvalue weighted by Gasteiger charge is 2.24. The van der Waals surface area contributed by atoms with Gasteiger partial charge in [-0.1, -0.05) is 26.3 Å². The molecular weight excluding hydrogens is 124 g/mol. The summed E-state index contributed by atoms with van der Waals surface area (Å²) < 4.78 is 5.10. The van der Waals surface area contributed by atoms with Crippen LogP contribution in [-0.4, -0.2) is 12.7 Å². The van der Waals surface area contributed by atoms with Crippen molar-refractivity contribution in [2.45, 2.75) is 38.7 Å². The van der Waals surface area contributed by atoms with Crippen LogP contribution in [0.1, 0.15) is 32.6 Å². The van der Waals surface area contributed by atoms with E-state index in [1.54, 1.807) is 0 Å². The van der Waals surface area contributed by atoms with E-state index in [2.05, 4.69) is 13.5 Å². The minimum Gasteiger partial charge on any atom is -0.368 e. The Morgan fingerprint density at radius 1 is 1.60 bits per heavy atom. The van der Waals surface area contributed by atoms with Crippen LogP contribution in [0.5, 0.6) is 0 Å². The van der Waals surface area contributed by atoms with E-state index in [0.29, 0.717) is 6.10 Å². The zero-order valence-electron chi connectivity index (χ0n) is 6.73. The Kier molecular flexibility index (Phi) is 2.94. The summed E-state index contributed by atoms with van der Waals surface area (Å²) in [5.74, 6) is 0. The molecule has 0 spiro atoms. The van der Waals surface area contributed by atoms with Crippen molar-refractivity contribution in [3.8, 4) is 0 Å². The molecule has 1 fully saturated rings. The number of hydrogen-bond acceptors (Lipinski definition) is 1. The van der Waals surface area contributed by atoms with Crippen LogP contribution in [0.4, 0.5) is 0 Å². The standard InChI is InChI=1S/C9H16O/c1-3-4-5-6-8(2)9-7-10-9/h9H,2-7H2,1H3. The summed E-state index contributed by atoms with van der Waals surface area (Å²) in [6, 6.07) is 0. The third kappa shape index (κ3) is 2.53. The smallest absolute Gasteiger partial charge is 0.102 e. The zero-order chi connectivity index (χ0) is 7.40. The summed E-state index contributed by atoms with van der Waals surface area (Å²) in [6.45, 7) is 7.10. The first-order valence-electron chi connectivity index (χ1n) is 4.14. The van der Waals surface area contributed by atoms with Crippen LogP contribution in [0.3, 0.4) is 0 Å². The highest BCUT2D eigenvalue weighted by atomic mass is 16.6. The molecule has 58 valence electrons. The van der Waals surface area contributed by atoms with Gasteiger partial charge in [-0.2, -0.15) is 0 Å². The van der Waals surface area contributed by atoms with E-state index in [1.165, 1.54) is 31.3 Å². The quantitative estimate of drug-likeness (QED) is 0.325. The molecule has 1 aliphatic rings. The Balaban J connectivity index is 1.95. The molecular formula is C9H16O. The normalized spacial score (nSPS) is 22.7. The maximum atomic E-state index is 5.10. The molecule has 1 atom stereocenters. The Bertz CT molecular complexity index is 114. The SMILES string of the molecule is C=C(CCCCC)C1CO1. The first-order valence-corrected chi connectivity index (χ1v) is 4.14. The van der Waals surface area contributed by atoms with Crippen LogP contribution in [-0.2, 0) is 4.74 Å². The Morgan fingerprint density at radius 2 is 2.30 bits per heavy atom. The fourth-order valence-electron chi connectivity index (χ4n) is 1.05. The molecule has 1 aliphatic heterocycles. The molecule has 0 aromatic carbocycles. The largest absolute Gasteiger partial charge is 0.368 e. The van der Waals surface area contributed by atoms with Gasteiger partial charge in [-0.05, 0) is 18.4 Å². The van der Waals surface area contributed by atoms with E-state index in [0.717, 1.165) is 6.61 Å². The maximum Gasteiger partial charge on any atom is 0.102 e. The van der Waals surface area contributed by atoms with Gasteiger partial charge in [0.05, 0.1) is 6.61 Å². The van der Waals surface area contributed by atoms with E-state index in [4.69, 9.17) is 4.74 Å². The third-order valence-corrected chi connectivity index (χ3v) is 1.89. The average Bonchev–Trinajstić information content (AvgIpc) is 2.69. The number of rotatable bonds is 5. The second-order valence-electron chi connectivity index (χ2n) is 2.94. The topological polar surface area (TPSA) is 12.5 Å². The lowest BCUT2D eigenvalue weighted by Gasteiger charge is -1.98. The van der Waals surface area contributed by atoms with Gasteiger partial charge in [0.1, 0.15) is 6.10 Å². The zero-order valence-corrected chi connectivity index (χ0v) is 6.73. The van der Waals surface area contributed by atoms with E-state index in [-0.39, 0.29) is 0 Å². The summed E-state index contributed by atoms with van der Waals surface area (Å²) in [5.41, 5.74) is 1.30. The summed E-state index contributed by atoms with van der Waals surface area (Å²) in [4.78, 5) is 0. The van der Waals surface area contributed by atoms with Gasteiger partial charge in [0, 0.05) is 0 Å². The molecule has 0 N–H and O–H groups in total. The van der Waals surface area contributed by atoms with Crippen LogP contribution in [0.25, 0.3) is 0 Å². The van der Waals surface area contributed by atoms with Crippen molar-refractivity contribution in [1.29, 1.82) is 0 Å². The molecule has 1 unspecified atom stereocenters. The molecule has 0 aromatic rings. The van der Waals surface area contributed by atoms with Crippen LogP contribution >= 0.6 is 0 Å². The molecule has 1 heterocycles. The van der Waals surface area contributed by atoms with Crippen LogP contribution in [0, 0.1) is 0 Å². The van der Waals surface area contributed by atoms with Crippen molar-refractivity contribution in [3.63, 3.8) is 0 Å². The van der Waals surface area contributed by atoms with Crippen LogP contribution in [0.2, 0.25) is 0 Å². The number of epoxide rings is 1. The van der Waals surface area contributed by atoms with Crippen molar-refractivity contribution in [3.05, 3.63) is 12.2 Å². The highest BCUT2D eigenvalue weighted by molar-refractivity contribution is 5.07. The molecule has 0 aromatic heterocycles. The number of hydrogen-bond donors (Lipinski definition) is 0. The van der Waals surface area contributed by atoms with Crippen molar-refractivity contribution in [2.75, 3.05) is 6.61 Å². The van der Waals surface area contributed by atoms with Gasteiger partial charge in [-0.3, -0.25) is 0 Å². The fraction of sp³-hybridized carbons (Fsp3) is 0.778. The minimum atomic E-state index is 0.428. The van der Waals surface area contributed by atoms with Gasteiger partial charge in [0.2, 0.25) is 0 Å². The molecule has 0 saturated carbocycles. The van der Waals surface area contributed by atoms with Gasteiger partial charge in [-0.15, -0.1) is 0 Å². The number of unbranched alkanes of at least 4 members (excludes halogenated alkanes) is 2. The first-order chi connectivity index (χ1) is 4.84. The predicted octanol–water partition coefficient (Wildman–Crippen LogP) is 2.52. The molecule has 1 rings (SSSR count). The summed E-state index contributed by atoms with van der Waals surface area (Å²) in [7, 11) is 0. The van der Waals surface area contributed by atoms with Gasteiger partial charge in [0.25, 0.3) is 0 Å². The van der Waals surface area contributed by atoms with Gasteiger partial charge >= 0.3 is 0 Å². The minimum absolute atomic E-state index is 0.428. The molecule has 0 bridgehead atoms. The molecule has 1 nitrogen and oxygen atoms in total. The average molecular weight is 140 g/mol. The summed E-state index contributed by atoms with van der Waals surface area (Å²) in [5, 5.41) is 0. The molecule has 10 heavy (non-hydrogen) atoms. The van der Waals surface area contributed by atoms with Crippen LogP contribution in [0.15, 0.2) is 12.2 Å².